The number of Topliss-reactive ketones (excluding diaryl/α,β-unsaturated/α-hetero) is 1. The van der Waals surface area contributed by atoms with Crippen LogP contribution in [0.15, 0.2) is 0 Å². The predicted octanol–water partition coefficient (Wildman–Crippen LogP) is 3.35. The number of carbonyl (C=O) groups is 4. The van der Waals surface area contributed by atoms with E-state index in [1.54, 1.807) is 20.8 Å². The van der Waals surface area contributed by atoms with E-state index in [0.717, 1.165) is 20.0 Å². The van der Waals surface area contributed by atoms with Gasteiger partial charge >= 0.3 is 11.9 Å². The molecule has 0 aliphatic heterocycles. The van der Waals surface area contributed by atoms with E-state index in [1.165, 1.54) is 39.0 Å². The van der Waals surface area contributed by atoms with E-state index in [2.05, 4.69) is 10.1 Å². The molecule has 7 nitrogen and oxygen atoms in total. The Labute approximate surface area is 174 Å². The number of aliphatic carboxylic acids is 1. The smallest absolute Gasteiger partial charge is 0.336 e. The van der Waals surface area contributed by atoms with Gasteiger partial charge in [-0.25, -0.2) is 4.79 Å². The lowest BCUT2D eigenvalue weighted by Crippen LogP contribution is -2.51. The zero-order chi connectivity index (χ0) is 22.2. The van der Waals surface area contributed by atoms with Crippen molar-refractivity contribution in [1.29, 1.82) is 0 Å². The van der Waals surface area contributed by atoms with Crippen LogP contribution >= 0.6 is 0 Å². The molecule has 0 spiro atoms. The second-order valence-corrected chi connectivity index (χ2v) is 9.30. The lowest BCUT2D eigenvalue weighted by molar-refractivity contribution is -0.154. The standard InChI is InChI=1S/C22H37NO6/c1-14(24)18(21(28)29-5)23-19(25)16(17(20(26)27)22(2,3)4)13-9-12-15-10-7-6-8-11-15/h15-18H,6-13H2,1-5H3,(H,23,25)(H,26,27)/t16-,17?,18?/m1/s1. The number of carboxylic acid groups (broad SMARTS) is 1. The number of rotatable bonds is 10. The minimum Gasteiger partial charge on any atom is -0.481 e. The minimum atomic E-state index is -1.41. The van der Waals surface area contributed by atoms with Crippen LogP contribution in [0, 0.1) is 23.2 Å². The number of esters is 1. The van der Waals surface area contributed by atoms with Crippen LogP contribution in [-0.4, -0.2) is 41.9 Å². The average Bonchev–Trinajstić information content (AvgIpc) is 2.63. The molecule has 0 aromatic rings. The van der Waals surface area contributed by atoms with Crippen molar-refractivity contribution in [2.45, 2.75) is 85.1 Å². The van der Waals surface area contributed by atoms with Crippen molar-refractivity contribution < 1.29 is 29.0 Å². The zero-order valence-electron chi connectivity index (χ0n) is 18.5. The number of ether oxygens (including phenoxy) is 1. The second kappa shape index (κ2) is 11.3. The van der Waals surface area contributed by atoms with E-state index in [9.17, 15) is 24.3 Å². The third kappa shape index (κ3) is 7.78. The second-order valence-electron chi connectivity index (χ2n) is 9.30. The van der Waals surface area contributed by atoms with Gasteiger partial charge in [-0.1, -0.05) is 65.7 Å². The van der Waals surface area contributed by atoms with Crippen LogP contribution < -0.4 is 5.32 Å². The van der Waals surface area contributed by atoms with Crippen molar-refractivity contribution in [3.8, 4) is 0 Å². The minimum absolute atomic E-state index is 0.405. The highest BCUT2D eigenvalue weighted by atomic mass is 16.5. The topological polar surface area (TPSA) is 110 Å². The molecule has 166 valence electrons. The zero-order valence-corrected chi connectivity index (χ0v) is 18.5. The molecule has 1 fully saturated rings. The summed E-state index contributed by atoms with van der Waals surface area (Å²) in [6.07, 6.45) is 8.22. The van der Waals surface area contributed by atoms with Gasteiger partial charge in [-0.3, -0.25) is 14.4 Å². The van der Waals surface area contributed by atoms with Crippen molar-refractivity contribution in [2.24, 2.45) is 23.2 Å². The summed E-state index contributed by atoms with van der Waals surface area (Å²) in [6, 6.07) is -1.41. The fraction of sp³-hybridized carbons (Fsp3) is 0.818. The van der Waals surface area contributed by atoms with E-state index < -0.39 is 46.9 Å². The number of methoxy groups -OCH3 is 1. The molecule has 1 aliphatic carbocycles. The molecule has 0 heterocycles. The number of ketones is 1. The van der Waals surface area contributed by atoms with Gasteiger partial charge in [0.25, 0.3) is 0 Å². The molecule has 0 aromatic carbocycles. The highest BCUT2D eigenvalue weighted by molar-refractivity contribution is 6.05. The Morgan fingerprint density at radius 1 is 1.10 bits per heavy atom. The van der Waals surface area contributed by atoms with Gasteiger partial charge in [0.2, 0.25) is 5.91 Å². The Bertz CT molecular complexity index is 589. The Balaban J connectivity index is 2.97. The Morgan fingerprint density at radius 2 is 1.69 bits per heavy atom. The van der Waals surface area contributed by atoms with E-state index in [0.29, 0.717) is 12.3 Å². The molecule has 1 rings (SSSR count). The molecule has 0 radical (unpaired) electrons. The number of hydrogen-bond donors (Lipinski definition) is 2. The quantitative estimate of drug-likeness (QED) is 0.421. The molecule has 1 amide bonds. The van der Waals surface area contributed by atoms with Crippen LogP contribution in [0.2, 0.25) is 0 Å². The molecule has 1 saturated carbocycles. The Morgan fingerprint density at radius 3 is 2.14 bits per heavy atom. The summed E-state index contributed by atoms with van der Waals surface area (Å²) in [5.74, 6) is -4.16. The fourth-order valence-corrected chi connectivity index (χ4v) is 4.39. The molecule has 3 atom stereocenters. The first-order valence-electron chi connectivity index (χ1n) is 10.6. The lowest BCUT2D eigenvalue weighted by atomic mass is 9.70. The normalized spacial score (nSPS) is 18.4. The third-order valence-corrected chi connectivity index (χ3v) is 5.92. The monoisotopic (exact) mass is 411 g/mol. The maximum atomic E-state index is 13.0. The van der Waals surface area contributed by atoms with E-state index in [-0.39, 0.29) is 0 Å². The van der Waals surface area contributed by atoms with E-state index >= 15 is 0 Å². The van der Waals surface area contributed by atoms with Crippen molar-refractivity contribution in [1.82, 2.24) is 5.32 Å². The Kier molecular flexibility index (Phi) is 9.80. The maximum absolute atomic E-state index is 13.0. The predicted molar refractivity (Wildman–Crippen MR) is 109 cm³/mol. The van der Waals surface area contributed by atoms with Crippen molar-refractivity contribution >= 4 is 23.6 Å². The fourth-order valence-electron chi connectivity index (χ4n) is 4.39. The molecule has 2 unspecified atom stereocenters. The molecule has 2 N–H and O–H groups in total. The van der Waals surface area contributed by atoms with Crippen LogP contribution in [0.3, 0.4) is 0 Å². The molecule has 29 heavy (non-hydrogen) atoms. The summed E-state index contributed by atoms with van der Waals surface area (Å²) < 4.78 is 4.60. The molecular weight excluding hydrogens is 374 g/mol. The van der Waals surface area contributed by atoms with Gasteiger partial charge in [0, 0.05) is 0 Å². The van der Waals surface area contributed by atoms with Gasteiger partial charge in [-0.15, -0.1) is 0 Å². The summed E-state index contributed by atoms with van der Waals surface area (Å²) in [5, 5.41) is 12.3. The van der Waals surface area contributed by atoms with Crippen LogP contribution in [0.1, 0.15) is 79.1 Å². The summed E-state index contributed by atoms with van der Waals surface area (Å²) in [6.45, 7) is 6.56. The number of hydrogen-bond acceptors (Lipinski definition) is 5. The van der Waals surface area contributed by atoms with Gasteiger partial charge < -0.3 is 15.2 Å². The Hall–Kier alpha value is -1.92. The SMILES string of the molecule is COC(=O)C(NC(=O)[C@H](CCCC1CCCCC1)C(C(=O)O)C(C)(C)C)C(C)=O. The maximum Gasteiger partial charge on any atom is 0.336 e. The van der Waals surface area contributed by atoms with Crippen molar-refractivity contribution in [3.05, 3.63) is 0 Å². The number of nitrogens with one attached hydrogen (secondary N) is 1. The highest BCUT2D eigenvalue weighted by Gasteiger charge is 2.42. The average molecular weight is 412 g/mol. The van der Waals surface area contributed by atoms with Crippen LogP contribution in [0.25, 0.3) is 0 Å². The summed E-state index contributed by atoms with van der Waals surface area (Å²) in [5.41, 5.74) is -0.657. The summed E-state index contributed by atoms with van der Waals surface area (Å²) in [7, 11) is 1.14. The lowest BCUT2D eigenvalue weighted by Gasteiger charge is -2.34. The number of amides is 1. The summed E-state index contributed by atoms with van der Waals surface area (Å²) >= 11 is 0. The first-order valence-corrected chi connectivity index (χ1v) is 10.6. The van der Waals surface area contributed by atoms with Crippen LogP contribution in [-0.2, 0) is 23.9 Å². The van der Waals surface area contributed by atoms with Gasteiger partial charge in [0.15, 0.2) is 11.8 Å². The van der Waals surface area contributed by atoms with Crippen molar-refractivity contribution in [2.75, 3.05) is 7.11 Å². The summed E-state index contributed by atoms with van der Waals surface area (Å²) in [4.78, 5) is 48.7. The van der Waals surface area contributed by atoms with Crippen LogP contribution in [0.4, 0.5) is 0 Å². The molecule has 0 bridgehead atoms. The number of carboxylic acids is 1. The molecule has 0 saturated heterocycles. The highest BCUT2D eigenvalue weighted by Crippen LogP contribution is 2.36. The molecule has 7 heteroatoms. The van der Waals surface area contributed by atoms with Crippen molar-refractivity contribution in [3.63, 3.8) is 0 Å². The largest absolute Gasteiger partial charge is 0.481 e. The first kappa shape index (κ1) is 25.1. The number of carbonyl (C=O) groups excluding carboxylic acids is 3. The van der Waals surface area contributed by atoms with Gasteiger partial charge in [0.05, 0.1) is 18.9 Å². The van der Waals surface area contributed by atoms with Gasteiger partial charge in [-0.2, -0.15) is 0 Å². The van der Waals surface area contributed by atoms with E-state index in [1.807, 2.05) is 0 Å². The molecule has 0 aromatic heterocycles. The van der Waals surface area contributed by atoms with Crippen LogP contribution in [0.5, 0.6) is 0 Å². The van der Waals surface area contributed by atoms with Gasteiger partial charge in [-0.05, 0) is 24.7 Å². The molecule has 1 aliphatic rings. The third-order valence-electron chi connectivity index (χ3n) is 5.92. The first-order chi connectivity index (χ1) is 13.5. The van der Waals surface area contributed by atoms with Gasteiger partial charge in [0.1, 0.15) is 0 Å². The van der Waals surface area contributed by atoms with E-state index in [4.69, 9.17) is 0 Å². The molecular formula is C22H37NO6.